The number of esters is 1. The highest BCUT2D eigenvalue weighted by Crippen LogP contribution is 2.18. The number of carboxylic acid groups (broad SMARTS) is 1. The Balaban J connectivity index is 3.87. The summed E-state index contributed by atoms with van der Waals surface area (Å²) in [4.78, 5) is 47.4. The number of aliphatic hydroxyl groups is 1. The molecular formula is C42H80N2O7. The smallest absolute Gasteiger partial charge is 0.328 e. The minimum Gasteiger partial charge on any atom is -0.480 e. The number of carbonyl (C=O) groups excluding carboxylic acids is 3. The second-order valence-corrected chi connectivity index (χ2v) is 14.8. The number of aliphatic hydroxyl groups excluding tert-OH is 1. The number of carboxylic acids is 1. The third-order valence-electron chi connectivity index (χ3n) is 9.85. The van der Waals surface area contributed by atoms with Crippen LogP contribution in [-0.4, -0.2) is 59.3 Å². The van der Waals surface area contributed by atoms with Gasteiger partial charge in [-0.15, -0.1) is 0 Å². The van der Waals surface area contributed by atoms with Crippen LogP contribution in [0.1, 0.15) is 219 Å². The van der Waals surface area contributed by atoms with E-state index in [0.717, 1.165) is 57.8 Å². The molecule has 0 rings (SSSR count). The number of nitrogens with one attached hydrogen (secondary N) is 2. The van der Waals surface area contributed by atoms with E-state index >= 15 is 0 Å². The average molecular weight is 725 g/mol. The Morgan fingerprint density at radius 2 is 0.882 bits per heavy atom. The monoisotopic (exact) mass is 725 g/mol. The molecule has 2 unspecified atom stereocenters. The summed E-state index contributed by atoms with van der Waals surface area (Å²) >= 11 is 0. The van der Waals surface area contributed by atoms with Crippen molar-refractivity contribution in [3.63, 3.8) is 0 Å². The van der Waals surface area contributed by atoms with Crippen molar-refractivity contribution in [2.45, 2.75) is 231 Å². The largest absolute Gasteiger partial charge is 0.480 e. The van der Waals surface area contributed by atoms with Crippen molar-refractivity contribution in [2.24, 2.45) is 0 Å². The molecule has 0 bridgehead atoms. The lowest BCUT2D eigenvalue weighted by atomic mass is 10.0. The van der Waals surface area contributed by atoms with E-state index in [1.165, 1.54) is 128 Å². The van der Waals surface area contributed by atoms with Crippen molar-refractivity contribution in [3.05, 3.63) is 0 Å². The predicted octanol–water partition coefficient (Wildman–Crippen LogP) is 10.1. The summed E-state index contributed by atoms with van der Waals surface area (Å²) in [7, 11) is 0. The number of aliphatic carboxylic acids is 1. The van der Waals surface area contributed by atoms with E-state index in [4.69, 9.17) is 14.9 Å². The van der Waals surface area contributed by atoms with Crippen LogP contribution in [-0.2, 0) is 23.9 Å². The van der Waals surface area contributed by atoms with Gasteiger partial charge in [-0.25, -0.2) is 4.79 Å². The Morgan fingerprint density at radius 3 is 1.29 bits per heavy atom. The van der Waals surface area contributed by atoms with Crippen molar-refractivity contribution >= 4 is 23.8 Å². The third-order valence-corrected chi connectivity index (χ3v) is 9.85. The predicted molar refractivity (Wildman–Crippen MR) is 209 cm³/mol. The van der Waals surface area contributed by atoms with Crippen LogP contribution in [0.4, 0.5) is 0 Å². The summed E-state index contributed by atoms with van der Waals surface area (Å²) in [5.74, 6) is -2.37. The molecule has 2 atom stereocenters. The molecule has 9 heteroatoms. The van der Waals surface area contributed by atoms with E-state index in [1.807, 2.05) is 0 Å². The first-order chi connectivity index (χ1) is 24.8. The average Bonchev–Trinajstić information content (AvgIpc) is 3.11. The quantitative estimate of drug-likeness (QED) is 0.0365. The molecule has 0 aromatic carbocycles. The third kappa shape index (κ3) is 34.7. The molecule has 0 aliphatic rings. The van der Waals surface area contributed by atoms with Crippen LogP contribution in [0.5, 0.6) is 0 Å². The normalized spacial score (nSPS) is 12.4. The van der Waals surface area contributed by atoms with Crippen LogP contribution in [0, 0.1) is 0 Å². The minimum atomic E-state index is -1.39. The van der Waals surface area contributed by atoms with Crippen molar-refractivity contribution < 1.29 is 34.1 Å². The second-order valence-electron chi connectivity index (χ2n) is 14.8. The van der Waals surface area contributed by atoms with Crippen LogP contribution >= 0.6 is 0 Å². The van der Waals surface area contributed by atoms with Crippen LogP contribution in [0.2, 0.25) is 0 Å². The van der Waals surface area contributed by atoms with E-state index in [0.29, 0.717) is 12.8 Å². The summed E-state index contributed by atoms with van der Waals surface area (Å²) in [6.45, 7) is 3.41. The molecular weight excluding hydrogens is 644 g/mol. The molecule has 0 aromatic heterocycles. The Kier molecular flexibility index (Phi) is 36.0. The van der Waals surface area contributed by atoms with Crippen LogP contribution in [0.15, 0.2) is 0 Å². The molecule has 0 saturated heterocycles. The van der Waals surface area contributed by atoms with Crippen molar-refractivity contribution in [2.75, 3.05) is 13.2 Å². The summed E-state index contributed by atoms with van der Waals surface area (Å²) in [6.07, 6.45) is 37.4. The van der Waals surface area contributed by atoms with Gasteiger partial charge in [0, 0.05) is 12.8 Å². The molecule has 0 radical (unpaired) electrons. The molecule has 2 amide bonds. The maximum Gasteiger partial charge on any atom is 0.328 e. The zero-order valence-electron chi connectivity index (χ0n) is 33.1. The second kappa shape index (κ2) is 37.6. The molecule has 9 nitrogen and oxygen atoms in total. The van der Waals surface area contributed by atoms with Gasteiger partial charge in [0.15, 0.2) is 0 Å². The first-order valence-electron chi connectivity index (χ1n) is 21.4. The zero-order valence-corrected chi connectivity index (χ0v) is 33.1. The van der Waals surface area contributed by atoms with Crippen LogP contribution < -0.4 is 10.6 Å². The number of unbranched alkanes of at least 4 members (excludes halogenated alkanes) is 25. The van der Waals surface area contributed by atoms with Gasteiger partial charge in [-0.05, 0) is 38.5 Å². The summed E-state index contributed by atoms with van der Waals surface area (Å²) in [5, 5.41) is 22.5. The van der Waals surface area contributed by atoms with Gasteiger partial charge >= 0.3 is 11.9 Å². The van der Waals surface area contributed by atoms with Gasteiger partial charge in [0.05, 0.1) is 13.2 Å². The highest BCUT2D eigenvalue weighted by atomic mass is 16.5. The maximum absolute atomic E-state index is 12.6. The minimum absolute atomic E-state index is 0.0736. The molecule has 0 aliphatic heterocycles. The summed E-state index contributed by atoms with van der Waals surface area (Å²) in [6, 6.07) is -1.39. The van der Waals surface area contributed by atoms with Crippen molar-refractivity contribution in [3.8, 4) is 0 Å². The van der Waals surface area contributed by atoms with Gasteiger partial charge in [-0.2, -0.15) is 0 Å². The molecule has 4 N–H and O–H groups in total. The Labute approximate surface area is 312 Å². The van der Waals surface area contributed by atoms with E-state index in [-0.39, 0.29) is 30.9 Å². The summed E-state index contributed by atoms with van der Waals surface area (Å²) < 4.78 is 5.90. The first-order valence-corrected chi connectivity index (χ1v) is 21.4. The standard InChI is InChI=1S/C42H80N2O7/c1-3-5-7-9-10-11-12-13-14-15-16-17-18-19-20-21-22-23-24-25-30-34-41(48)51-37(31-27-8-6-4-2)32-28-26-29-33-39(46)43-35-40(47)44-38(36-45)42(49)50/h37-38,45H,3-36H2,1-2H3,(H,43,46)(H,44,47)(H,49,50). The fourth-order valence-electron chi connectivity index (χ4n) is 6.54. The number of rotatable bonds is 39. The van der Waals surface area contributed by atoms with Crippen LogP contribution in [0.25, 0.3) is 0 Å². The molecule has 0 aromatic rings. The fraction of sp³-hybridized carbons (Fsp3) is 0.905. The van der Waals surface area contributed by atoms with E-state index < -0.39 is 24.5 Å². The van der Waals surface area contributed by atoms with E-state index in [9.17, 15) is 19.2 Å². The van der Waals surface area contributed by atoms with E-state index in [2.05, 4.69) is 24.5 Å². The highest BCUT2D eigenvalue weighted by molar-refractivity contribution is 5.87. The van der Waals surface area contributed by atoms with Gasteiger partial charge < -0.3 is 25.6 Å². The topological polar surface area (TPSA) is 142 Å². The lowest BCUT2D eigenvalue weighted by Gasteiger charge is -2.18. The fourth-order valence-corrected chi connectivity index (χ4v) is 6.54. The summed E-state index contributed by atoms with van der Waals surface area (Å²) in [5.41, 5.74) is 0. The number of carbonyl (C=O) groups is 4. The van der Waals surface area contributed by atoms with Crippen LogP contribution in [0.3, 0.4) is 0 Å². The van der Waals surface area contributed by atoms with Gasteiger partial charge in [0.2, 0.25) is 11.8 Å². The SMILES string of the molecule is CCCCCCCCCCCCCCCCCCCCCCCC(=O)OC(CCCCCC)CCCCCC(=O)NCC(=O)NC(CO)C(=O)O. The highest BCUT2D eigenvalue weighted by Gasteiger charge is 2.19. The maximum atomic E-state index is 12.6. The Hall–Kier alpha value is -2.16. The molecule has 51 heavy (non-hydrogen) atoms. The molecule has 0 aliphatic carbocycles. The van der Waals surface area contributed by atoms with E-state index in [1.54, 1.807) is 0 Å². The van der Waals surface area contributed by atoms with Gasteiger partial charge in [0.1, 0.15) is 12.1 Å². The Morgan fingerprint density at radius 1 is 0.510 bits per heavy atom. The molecule has 0 saturated carbocycles. The van der Waals surface area contributed by atoms with Gasteiger partial charge in [0.25, 0.3) is 0 Å². The van der Waals surface area contributed by atoms with Crippen molar-refractivity contribution in [1.29, 1.82) is 0 Å². The van der Waals surface area contributed by atoms with Gasteiger partial charge in [-0.3, -0.25) is 14.4 Å². The van der Waals surface area contributed by atoms with Crippen molar-refractivity contribution in [1.82, 2.24) is 10.6 Å². The lowest BCUT2D eigenvalue weighted by Crippen LogP contribution is -2.47. The molecule has 300 valence electrons. The number of ether oxygens (including phenoxy) is 1. The van der Waals surface area contributed by atoms with Gasteiger partial charge in [-0.1, -0.05) is 168 Å². The zero-order chi connectivity index (χ0) is 37.6. The molecule has 0 fully saturated rings. The molecule has 0 heterocycles. The number of amides is 2. The number of hydrogen-bond acceptors (Lipinski definition) is 6. The molecule has 0 spiro atoms. The lowest BCUT2D eigenvalue weighted by molar-refractivity contribution is -0.150. The Bertz CT molecular complexity index is 838. The number of hydrogen-bond donors (Lipinski definition) is 4. The first kappa shape index (κ1) is 48.8.